The first-order valence-corrected chi connectivity index (χ1v) is 8.69. The Balaban J connectivity index is 2.08. The minimum Gasteiger partial charge on any atom is -0.474 e. The molecule has 1 atom stereocenters. The Bertz CT molecular complexity index is 607. The van der Waals surface area contributed by atoms with Gasteiger partial charge in [0.2, 0.25) is 11.8 Å². The van der Waals surface area contributed by atoms with Gasteiger partial charge in [-0.25, -0.2) is 4.98 Å². The molecule has 0 saturated carbocycles. The highest BCUT2D eigenvalue weighted by molar-refractivity contribution is 6.32. The van der Waals surface area contributed by atoms with Gasteiger partial charge in [0, 0.05) is 25.8 Å². The topological polar surface area (TPSA) is 71.5 Å². The smallest absolute Gasteiger partial charge is 0.255 e. The third-order valence-electron chi connectivity index (χ3n) is 3.83. The molecule has 1 aromatic heterocycles. The number of nitrogens with one attached hydrogen (secondary N) is 1. The zero-order valence-corrected chi connectivity index (χ0v) is 15.1. The first-order valence-electron chi connectivity index (χ1n) is 8.31. The van der Waals surface area contributed by atoms with Crippen LogP contribution in [0.2, 0.25) is 5.02 Å². The minimum atomic E-state index is -0.158. The van der Waals surface area contributed by atoms with Gasteiger partial charge in [-0.05, 0) is 39.7 Å². The highest BCUT2D eigenvalue weighted by atomic mass is 35.5. The van der Waals surface area contributed by atoms with Gasteiger partial charge in [0.25, 0.3) is 5.91 Å². The Morgan fingerprint density at radius 3 is 2.88 bits per heavy atom. The number of carbonyl (C=O) groups excluding carboxylic acids is 2. The van der Waals surface area contributed by atoms with Crippen LogP contribution in [0.1, 0.15) is 44.0 Å². The summed E-state index contributed by atoms with van der Waals surface area (Å²) in [6, 6.07) is 1.57. The van der Waals surface area contributed by atoms with Gasteiger partial charge in [-0.3, -0.25) is 9.59 Å². The quantitative estimate of drug-likeness (QED) is 0.882. The number of hydrogen-bond donors (Lipinski definition) is 1. The van der Waals surface area contributed by atoms with E-state index in [2.05, 4.69) is 10.3 Å². The van der Waals surface area contributed by atoms with Crippen LogP contribution >= 0.6 is 11.6 Å². The number of hydrogen-bond acceptors (Lipinski definition) is 4. The molecular formula is C17H24ClN3O3. The molecule has 1 unspecified atom stereocenters. The molecule has 24 heavy (non-hydrogen) atoms. The average Bonchev–Trinajstić information content (AvgIpc) is 2.56. The van der Waals surface area contributed by atoms with Gasteiger partial charge >= 0.3 is 0 Å². The number of halogens is 1. The molecule has 0 bridgehead atoms. The Morgan fingerprint density at radius 1 is 1.50 bits per heavy atom. The molecule has 1 aliphatic heterocycles. The summed E-state index contributed by atoms with van der Waals surface area (Å²) in [6.45, 7) is 7.31. The fourth-order valence-electron chi connectivity index (χ4n) is 2.73. The highest BCUT2D eigenvalue weighted by Gasteiger charge is 2.29. The van der Waals surface area contributed by atoms with E-state index >= 15 is 0 Å². The molecule has 0 spiro atoms. The third kappa shape index (κ3) is 4.60. The monoisotopic (exact) mass is 353 g/mol. The van der Waals surface area contributed by atoms with E-state index in [1.54, 1.807) is 11.0 Å². The zero-order chi connectivity index (χ0) is 17.7. The predicted octanol–water partition coefficient (Wildman–Crippen LogP) is 2.51. The summed E-state index contributed by atoms with van der Waals surface area (Å²) < 4.78 is 5.48. The summed E-state index contributed by atoms with van der Waals surface area (Å²) in [5, 5.41) is 3.13. The van der Waals surface area contributed by atoms with E-state index in [9.17, 15) is 9.59 Å². The minimum absolute atomic E-state index is 0.00633. The summed E-state index contributed by atoms with van der Waals surface area (Å²) in [5.74, 6) is 0.0121. The van der Waals surface area contributed by atoms with Crippen LogP contribution in [0.25, 0.3) is 0 Å². The standard InChI is InChI=1S/C17H24ClN3O3/c1-4-19-15(22)12-6-5-7-21(10-12)17(23)13-8-14(18)16(20-9-13)24-11(2)3/h8-9,11-12H,4-7,10H2,1-3H3,(H,19,22). The van der Waals surface area contributed by atoms with Gasteiger partial charge < -0.3 is 15.0 Å². The van der Waals surface area contributed by atoms with E-state index in [-0.39, 0.29) is 23.8 Å². The van der Waals surface area contributed by atoms with Gasteiger partial charge in [0.15, 0.2) is 0 Å². The molecule has 1 aromatic rings. The van der Waals surface area contributed by atoms with Crippen molar-refractivity contribution < 1.29 is 14.3 Å². The van der Waals surface area contributed by atoms with Crippen molar-refractivity contribution in [3.05, 3.63) is 22.8 Å². The number of carbonyl (C=O) groups is 2. The van der Waals surface area contributed by atoms with Crippen molar-refractivity contribution in [1.29, 1.82) is 0 Å². The largest absolute Gasteiger partial charge is 0.474 e. The van der Waals surface area contributed by atoms with Gasteiger partial charge in [0.05, 0.1) is 17.6 Å². The second-order valence-electron chi connectivity index (χ2n) is 6.16. The lowest BCUT2D eigenvalue weighted by Crippen LogP contribution is -2.45. The third-order valence-corrected chi connectivity index (χ3v) is 4.10. The maximum atomic E-state index is 12.7. The van der Waals surface area contributed by atoms with Gasteiger partial charge in [-0.15, -0.1) is 0 Å². The fourth-order valence-corrected chi connectivity index (χ4v) is 2.94. The van der Waals surface area contributed by atoms with Crippen LogP contribution in [-0.4, -0.2) is 47.4 Å². The number of aromatic nitrogens is 1. The molecule has 2 amide bonds. The number of piperidine rings is 1. The number of likely N-dealkylation sites (tertiary alicyclic amines) is 1. The molecule has 1 fully saturated rings. The lowest BCUT2D eigenvalue weighted by Gasteiger charge is -2.32. The summed E-state index contributed by atoms with van der Waals surface area (Å²) in [7, 11) is 0. The molecule has 2 heterocycles. The molecule has 0 radical (unpaired) electrons. The zero-order valence-electron chi connectivity index (χ0n) is 14.3. The molecule has 1 N–H and O–H groups in total. The van der Waals surface area contributed by atoms with Crippen LogP contribution in [0.15, 0.2) is 12.3 Å². The normalized spacial score (nSPS) is 17.7. The highest BCUT2D eigenvalue weighted by Crippen LogP contribution is 2.25. The maximum absolute atomic E-state index is 12.7. The number of ether oxygens (including phenoxy) is 1. The van der Waals surface area contributed by atoms with E-state index < -0.39 is 0 Å². The Morgan fingerprint density at radius 2 is 2.25 bits per heavy atom. The molecule has 0 aliphatic carbocycles. The Hall–Kier alpha value is -1.82. The SMILES string of the molecule is CCNC(=O)C1CCCN(C(=O)c2cnc(OC(C)C)c(Cl)c2)C1. The van der Waals surface area contributed by atoms with Crippen molar-refractivity contribution in [2.24, 2.45) is 5.92 Å². The Labute approximate surface area is 147 Å². The average molecular weight is 354 g/mol. The van der Waals surface area contributed by atoms with Gasteiger partial charge in [-0.1, -0.05) is 11.6 Å². The van der Waals surface area contributed by atoms with E-state index in [0.29, 0.717) is 36.1 Å². The van der Waals surface area contributed by atoms with Crippen molar-refractivity contribution in [2.45, 2.75) is 39.7 Å². The molecule has 2 rings (SSSR count). The van der Waals surface area contributed by atoms with Crippen LogP contribution in [0.4, 0.5) is 0 Å². The lowest BCUT2D eigenvalue weighted by molar-refractivity contribution is -0.126. The van der Waals surface area contributed by atoms with Crippen LogP contribution in [-0.2, 0) is 4.79 Å². The van der Waals surface area contributed by atoms with Crippen LogP contribution in [0, 0.1) is 5.92 Å². The van der Waals surface area contributed by atoms with Crippen molar-refractivity contribution in [3.8, 4) is 5.88 Å². The van der Waals surface area contributed by atoms with Crippen LogP contribution in [0.3, 0.4) is 0 Å². The van der Waals surface area contributed by atoms with Gasteiger partial charge in [0.1, 0.15) is 5.02 Å². The lowest BCUT2D eigenvalue weighted by atomic mass is 9.96. The molecule has 132 valence electrons. The molecule has 7 heteroatoms. The van der Waals surface area contributed by atoms with Crippen molar-refractivity contribution in [2.75, 3.05) is 19.6 Å². The summed E-state index contributed by atoms with van der Waals surface area (Å²) in [4.78, 5) is 30.5. The summed E-state index contributed by atoms with van der Waals surface area (Å²) in [5.41, 5.74) is 0.410. The van der Waals surface area contributed by atoms with E-state index in [4.69, 9.17) is 16.3 Å². The number of amides is 2. The molecule has 0 aromatic carbocycles. The molecular weight excluding hydrogens is 330 g/mol. The van der Waals surface area contributed by atoms with E-state index in [0.717, 1.165) is 12.8 Å². The molecule has 1 aliphatic rings. The van der Waals surface area contributed by atoms with Crippen molar-refractivity contribution in [1.82, 2.24) is 15.2 Å². The van der Waals surface area contributed by atoms with Crippen molar-refractivity contribution in [3.63, 3.8) is 0 Å². The number of pyridine rings is 1. The molecule has 1 saturated heterocycles. The van der Waals surface area contributed by atoms with E-state index in [1.807, 2.05) is 20.8 Å². The summed E-state index contributed by atoms with van der Waals surface area (Å²) in [6.07, 6.45) is 3.04. The Kier molecular flexibility index (Phi) is 6.43. The first-order chi connectivity index (χ1) is 11.4. The molecule has 6 nitrogen and oxygen atoms in total. The second kappa shape index (κ2) is 8.33. The second-order valence-corrected chi connectivity index (χ2v) is 6.57. The van der Waals surface area contributed by atoms with Crippen LogP contribution in [0.5, 0.6) is 5.88 Å². The number of nitrogens with zero attached hydrogens (tertiary/aromatic N) is 2. The number of rotatable bonds is 5. The van der Waals surface area contributed by atoms with Gasteiger partial charge in [-0.2, -0.15) is 0 Å². The maximum Gasteiger partial charge on any atom is 0.255 e. The predicted molar refractivity (Wildman–Crippen MR) is 92.3 cm³/mol. The fraction of sp³-hybridized carbons (Fsp3) is 0.588. The summed E-state index contributed by atoms with van der Waals surface area (Å²) >= 11 is 6.15. The van der Waals surface area contributed by atoms with E-state index in [1.165, 1.54) is 6.20 Å². The van der Waals surface area contributed by atoms with Crippen molar-refractivity contribution >= 4 is 23.4 Å². The van der Waals surface area contributed by atoms with Crippen LogP contribution < -0.4 is 10.1 Å². The first kappa shape index (κ1) is 18.5.